The smallest absolute Gasteiger partial charge is 0 e. The van der Waals surface area contributed by atoms with Gasteiger partial charge in [-0.25, -0.2) is 4.98 Å². The van der Waals surface area contributed by atoms with Gasteiger partial charge in [0.15, 0.2) is 0 Å². The van der Waals surface area contributed by atoms with E-state index in [9.17, 15) is 0 Å². The van der Waals surface area contributed by atoms with Crippen LogP contribution in [0.5, 0.6) is 0 Å². The van der Waals surface area contributed by atoms with E-state index in [0.717, 1.165) is 82.5 Å². The van der Waals surface area contributed by atoms with Crippen LogP contribution < -0.4 is 4.40 Å². The van der Waals surface area contributed by atoms with Gasteiger partial charge in [0, 0.05) is 42.4 Å². The van der Waals surface area contributed by atoms with Gasteiger partial charge in [0.2, 0.25) is 5.71 Å². The summed E-state index contributed by atoms with van der Waals surface area (Å²) in [6.07, 6.45) is 0.565. The SMILES string of the molecule is Cc1ccc2c(n1)oc1c(-c3nc4ccccc4n3-c3ccc(C(C)(C)C)cc3-c3ccccc3)[c-]ccc12.[2H]C([2H])(c1cc(-c2[c-]ccc(C(C)(C)C)c2)nc[c]1[Ge]([CH3])([CH3])[CH3])C(C)C.[Ir]. The minimum Gasteiger partial charge on any atom is 0 e. The van der Waals surface area contributed by atoms with E-state index in [0.29, 0.717) is 5.71 Å². The Hall–Kier alpha value is -5.14. The molecule has 0 unspecified atom stereocenters. The molecule has 9 rings (SSSR count). The first-order valence-corrected chi connectivity index (χ1v) is 29.4. The molecule has 64 heavy (non-hydrogen) atoms. The Kier molecular flexibility index (Phi) is 12.7. The Morgan fingerprint density at radius 3 is 2.14 bits per heavy atom. The molecule has 7 heteroatoms. The molecular weight excluding hydrogens is 1020 g/mol. The van der Waals surface area contributed by atoms with Crippen LogP contribution in [0.25, 0.3) is 72.6 Å². The van der Waals surface area contributed by atoms with Gasteiger partial charge in [-0.15, -0.1) is 18.2 Å². The van der Waals surface area contributed by atoms with Crippen molar-refractivity contribution in [1.29, 1.82) is 0 Å². The van der Waals surface area contributed by atoms with Crippen LogP contribution in [-0.2, 0) is 37.3 Å². The standard InChI is InChI=1S/C35H28N3O.C22H32GeN.Ir/c1-22-17-19-26-25-13-10-14-27(32(25)39-34(26)36-22)33-37-29-15-8-9-16-31(29)38(33)30-20-18-24(35(2,3)4)21-28(30)23-11-6-5-7-12-23;1-16(2)12-18-14-21(24-15-20(18)23(6,7)8)17-10-9-11-19(13-17)22(3,4)5;/h5-13,15-21H,1-4H3;9,11,13-16H,12H2,1-8H3;/q2*-1;/i;12D2;. The maximum Gasteiger partial charge on any atom is 0 e. The Labute approximate surface area is 399 Å². The number of aromatic nitrogens is 4. The van der Waals surface area contributed by atoms with Crippen molar-refractivity contribution in [2.45, 2.75) is 96.8 Å². The predicted octanol–water partition coefficient (Wildman–Crippen LogP) is 14.6. The van der Waals surface area contributed by atoms with Gasteiger partial charge in [-0.2, -0.15) is 0 Å². The van der Waals surface area contributed by atoms with Crippen LogP contribution in [0.2, 0.25) is 17.3 Å². The van der Waals surface area contributed by atoms with Crippen molar-refractivity contribution in [3.05, 3.63) is 162 Å². The van der Waals surface area contributed by atoms with Crippen LogP contribution in [0.1, 0.15) is 80.5 Å². The van der Waals surface area contributed by atoms with Gasteiger partial charge in [0.1, 0.15) is 0 Å². The molecule has 0 fully saturated rings. The second kappa shape index (κ2) is 18.4. The summed E-state index contributed by atoms with van der Waals surface area (Å²) in [5.74, 6) is 7.58. The van der Waals surface area contributed by atoms with Crippen LogP contribution in [0.4, 0.5) is 0 Å². The van der Waals surface area contributed by atoms with Crippen LogP contribution in [0, 0.1) is 25.0 Å². The summed E-state index contributed by atoms with van der Waals surface area (Å²) in [6, 6.07) is 48.7. The molecule has 5 aromatic carbocycles. The van der Waals surface area contributed by atoms with E-state index in [4.69, 9.17) is 17.1 Å². The molecule has 0 saturated heterocycles. The molecule has 0 aliphatic carbocycles. The molecule has 329 valence electrons. The number of pyridine rings is 2. The molecule has 0 aliphatic heterocycles. The second-order valence-electron chi connectivity index (χ2n) is 20.0. The molecule has 4 aromatic heterocycles. The summed E-state index contributed by atoms with van der Waals surface area (Å²) >= 11 is -2.25. The van der Waals surface area contributed by atoms with E-state index >= 15 is 0 Å². The van der Waals surface area contributed by atoms with Crippen LogP contribution in [0.15, 0.2) is 132 Å². The fourth-order valence-corrected chi connectivity index (χ4v) is 11.0. The van der Waals surface area contributed by atoms with E-state index in [1.165, 1.54) is 11.1 Å². The van der Waals surface area contributed by atoms with Gasteiger partial charge in [0.05, 0.1) is 22.4 Å². The zero-order chi connectivity index (χ0) is 46.6. The van der Waals surface area contributed by atoms with Gasteiger partial charge >= 0.3 is 154 Å². The third kappa shape index (κ3) is 9.76. The first kappa shape index (κ1) is 44.1. The summed E-state index contributed by atoms with van der Waals surface area (Å²) in [4.78, 5) is 14.5. The van der Waals surface area contributed by atoms with E-state index in [2.05, 4.69) is 165 Å². The zero-order valence-electron chi connectivity index (χ0n) is 41.2. The third-order valence-electron chi connectivity index (χ3n) is 11.5. The molecule has 1 radical (unpaired) electrons. The maximum atomic E-state index is 8.70. The number of furan rings is 1. The van der Waals surface area contributed by atoms with E-state index in [-0.39, 0.29) is 36.9 Å². The maximum absolute atomic E-state index is 8.70. The number of rotatable bonds is 7. The van der Waals surface area contributed by atoms with Crippen LogP contribution >= 0.6 is 0 Å². The number of imidazole rings is 1. The average molecular weight is 1080 g/mol. The van der Waals surface area contributed by atoms with Crippen molar-refractivity contribution >= 4 is 50.8 Å². The number of nitrogens with zero attached hydrogens (tertiary/aromatic N) is 4. The summed E-state index contributed by atoms with van der Waals surface area (Å²) < 4.78 is 27.2. The van der Waals surface area contributed by atoms with Gasteiger partial charge in [-0.05, 0) is 59.9 Å². The normalized spacial score (nSPS) is 12.8. The zero-order valence-corrected chi connectivity index (χ0v) is 43.7. The molecular formula is C57H60GeIrN4O-2. The van der Waals surface area contributed by atoms with Crippen LogP contribution in [0.3, 0.4) is 0 Å². The van der Waals surface area contributed by atoms with Crippen molar-refractivity contribution < 1.29 is 27.3 Å². The third-order valence-corrected chi connectivity index (χ3v) is 15.7. The minimum atomic E-state index is -2.25. The molecule has 0 atom stereocenters. The van der Waals surface area contributed by atoms with E-state index in [1.54, 1.807) is 0 Å². The average Bonchev–Trinajstić information content (AvgIpc) is 3.84. The monoisotopic (exact) mass is 1090 g/mol. The van der Waals surface area contributed by atoms with E-state index < -0.39 is 19.6 Å². The van der Waals surface area contributed by atoms with Crippen molar-refractivity contribution in [1.82, 2.24) is 19.5 Å². The molecule has 0 spiro atoms. The number of hydrogen-bond donors (Lipinski definition) is 0. The molecule has 0 N–H and O–H groups in total. The van der Waals surface area contributed by atoms with E-state index in [1.807, 2.05) is 63.4 Å². The van der Waals surface area contributed by atoms with Crippen LogP contribution in [-0.4, -0.2) is 32.8 Å². The van der Waals surface area contributed by atoms with Crippen molar-refractivity contribution in [2.75, 3.05) is 0 Å². The van der Waals surface area contributed by atoms with Crippen molar-refractivity contribution in [3.63, 3.8) is 0 Å². The number of hydrogen-bond acceptors (Lipinski definition) is 4. The molecule has 0 amide bonds. The van der Waals surface area contributed by atoms with Gasteiger partial charge in [0.25, 0.3) is 0 Å². The number of fused-ring (bicyclic) bond motifs is 4. The molecule has 0 saturated carbocycles. The quantitative estimate of drug-likeness (QED) is 0.118. The van der Waals surface area contributed by atoms with Gasteiger partial charge in [-0.1, -0.05) is 80.3 Å². The molecule has 4 heterocycles. The summed E-state index contributed by atoms with van der Waals surface area (Å²) in [5.41, 5.74) is 13.6. The van der Waals surface area contributed by atoms with Gasteiger partial charge in [-0.3, -0.25) is 4.98 Å². The topological polar surface area (TPSA) is 56.7 Å². The second-order valence-corrected chi connectivity index (χ2v) is 30.6. The Morgan fingerprint density at radius 1 is 0.750 bits per heavy atom. The number of para-hydroxylation sites is 2. The fourth-order valence-electron chi connectivity index (χ4n) is 8.08. The van der Waals surface area contributed by atoms with Gasteiger partial charge < -0.3 is 8.98 Å². The first-order chi connectivity index (χ1) is 30.6. The molecule has 9 aromatic rings. The molecule has 5 nitrogen and oxygen atoms in total. The first-order valence-electron chi connectivity index (χ1n) is 23.1. The fraction of sp³-hybridized carbons (Fsp3) is 0.281. The Balaban J connectivity index is 0.000000211. The summed E-state index contributed by atoms with van der Waals surface area (Å²) in [7, 11) is 0. The minimum absolute atomic E-state index is 0. The van der Waals surface area contributed by atoms with Crippen molar-refractivity contribution in [2.24, 2.45) is 5.92 Å². The number of benzene rings is 5. The Bertz CT molecular complexity index is 3190. The molecule has 0 aliphatic rings. The number of aryl methyl sites for hydroxylation is 1. The summed E-state index contributed by atoms with van der Waals surface area (Å²) in [5, 5.41) is 2.00. The summed E-state index contributed by atoms with van der Waals surface area (Å²) in [6.45, 7) is 19.2. The predicted molar refractivity (Wildman–Crippen MR) is 268 cm³/mol. The Morgan fingerprint density at radius 2 is 1.44 bits per heavy atom. The van der Waals surface area contributed by atoms with Crippen molar-refractivity contribution in [3.8, 4) is 39.5 Å². The largest absolute Gasteiger partial charge is 0 e. The molecule has 0 bridgehead atoms.